The molecule has 0 radical (unpaired) electrons. The van der Waals surface area contributed by atoms with E-state index < -0.39 is 0 Å². The van der Waals surface area contributed by atoms with Crippen molar-refractivity contribution in [1.29, 1.82) is 0 Å². The third-order valence-corrected chi connectivity index (χ3v) is 3.29. The van der Waals surface area contributed by atoms with Gasteiger partial charge in [0.05, 0.1) is 10.7 Å². The van der Waals surface area contributed by atoms with Gasteiger partial charge in [0.1, 0.15) is 17.8 Å². The monoisotopic (exact) mass is 316 g/mol. The van der Waals surface area contributed by atoms with Crippen molar-refractivity contribution >= 4 is 29.0 Å². The highest BCUT2D eigenvalue weighted by Crippen LogP contribution is 2.29. The van der Waals surface area contributed by atoms with Gasteiger partial charge in [-0.2, -0.15) is 0 Å². The summed E-state index contributed by atoms with van der Waals surface area (Å²) in [6.45, 7) is 7.88. The first-order chi connectivity index (χ1) is 10.5. The molecule has 2 N–H and O–H groups in total. The van der Waals surface area contributed by atoms with E-state index in [0.29, 0.717) is 17.4 Å². The van der Waals surface area contributed by atoms with Crippen LogP contribution in [0.25, 0.3) is 0 Å². The van der Waals surface area contributed by atoms with Crippen LogP contribution in [0.3, 0.4) is 0 Å². The Balaban J connectivity index is 2.24. The Morgan fingerprint density at radius 3 is 2.77 bits per heavy atom. The van der Waals surface area contributed by atoms with Gasteiger partial charge in [-0.3, -0.25) is 4.79 Å². The van der Waals surface area contributed by atoms with E-state index in [1.807, 2.05) is 26.0 Å². The lowest BCUT2D eigenvalue weighted by Crippen LogP contribution is -2.24. The SMILES string of the molecule is C=CCNC(=O)c1cc(Nc2c(C)cc(C)cc2Cl)ncn1. The highest BCUT2D eigenvalue weighted by Gasteiger charge is 2.10. The Kier molecular flexibility index (Phi) is 5.12. The maximum Gasteiger partial charge on any atom is 0.270 e. The quantitative estimate of drug-likeness (QED) is 0.830. The number of benzene rings is 1. The van der Waals surface area contributed by atoms with Crippen molar-refractivity contribution in [2.45, 2.75) is 13.8 Å². The molecule has 1 aromatic heterocycles. The highest BCUT2D eigenvalue weighted by molar-refractivity contribution is 6.33. The van der Waals surface area contributed by atoms with Crippen LogP contribution < -0.4 is 10.6 Å². The number of hydrogen-bond donors (Lipinski definition) is 2. The zero-order chi connectivity index (χ0) is 16.1. The second-order valence-corrected chi connectivity index (χ2v) is 5.26. The van der Waals surface area contributed by atoms with Crippen LogP contribution in [0.2, 0.25) is 5.02 Å². The minimum atomic E-state index is -0.280. The molecule has 114 valence electrons. The van der Waals surface area contributed by atoms with Crippen molar-refractivity contribution < 1.29 is 4.79 Å². The molecule has 1 amide bonds. The second kappa shape index (κ2) is 7.04. The summed E-state index contributed by atoms with van der Waals surface area (Å²) in [6.07, 6.45) is 2.94. The number of nitrogens with one attached hydrogen (secondary N) is 2. The van der Waals surface area contributed by atoms with E-state index in [2.05, 4.69) is 27.2 Å². The van der Waals surface area contributed by atoms with Crippen molar-refractivity contribution in [2.24, 2.45) is 0 Å². The number of carbonyl (C=O) groups excluding carboxylic acids is 1. The van der Waals surface area contributed by atoms with Crippen LogP contribution in [0.15, 0.2) is 37.2 Å². The van der Waals surface area contributed by atoms with E-state index in [4.69, 9.17) is 11.6 Å². The number of rotatable bonds is 5. The smallest absolute Gasteiger partial charge is 0.270 e. The average molecular weight is 317 g/mol. The number of carbonyl (C=O) groups is 1. The molecule has 22 heavy (non-hydrogen) atoms. The van der Waals surface area contributed by atoms with Gasteiger partial charge in [-0.15, -0.1) is 6.58 Å². The molecule has 0 saturated heterocycles. The van der Waals surface area contributed by atoms with Gasteiger partial charge < -0.3 is 10.6 Å². The van der Waals surface area contributed by atoms with Crippen LogP contribution in [0.4, 0.5) is 11.5 Å². The fraction of sp³-hybridized carbons (Fsp3) is 0.188. The standard InChI is InChI=1S/C16H17ClN4O/c1-4-5-18-16(22)13-8-14(20-9-19-13)21-15-11(3)6-10(2)7-12(15)17/h4,6-9H,1,5H2,2-3H3,(H,18,22)(H,19,20,21). The molecule has 0 atom stereocenters. The Morgan fingerprint density at radius 1 is 1.32 bits per heavy atom. The summed E-state index contributed by atoms with van der Waals surface area (Å²) in [5.74, 6) is 0.227. The normalized spacial score (nSPS) is 10.1. The molecule has 2 aromatic rings. The van der Waals surface area contributed by atoms with Gasteiger partial charge in [-0.05, 0) is 31.0 Å². The third-order valence-electron chi connectivity index (χ3n) is 2.99. The fourth-order valence-electron chi connectivity index (χ4n) is 2.01. The molecule has 0 aliphatic rings. The van der Waals surface area contributed by atoms with Crippen molar-refractivity contribution in [3.63, 3.8) is 0 Å². The van der Waals surface area contributed by atoms with Crippen LogP contribution >= 0.6 is 11.6 Å². The van der Waals surface area contributed by atoms with Gasteiger partial charge in [0.25, 0.3) is 5.91 Å². The number of halogens is 1. The molecule has 0 aliphatic heterocycles. The minimum Gasteiger partial charge on any atom is -0.347 e. The molecule has 6 heteroatoms. The van der Waals surface area contributed by atoms with Gasteiger partial charge >= 0.3 is 0 Å². The topological polar surface area (TPSA) is 66.9 Å². The number of amides is 1. The average Bonchev–Trinajstić information content (AvgIpc) is 2.48. The first kappa shape index (κ1) is 16.0. The van der Waals surface area contributed by atoms with E-state index in [-0.39, 0.29) is 11.6 Å². The summed E-state index contributed by atoms with van der Waals surface area (Å²) in [5, 5.41) is 6.41. The van der Waals surface area contributed by atoms with Gasteiger partial charge in [0.15, 0.2) is 0 Å². The largest absolute Gasteiger partial charge is 0.347 e. The molecule has 0 aliphatic carbocycles. The number of aromatic nitrogens is 2. The highest BCUT2D eigenvalue weighted by atomic mass is 35.5. The van der Waals surface area contributed by atoms with Crippen LogP contribution in [-0.4, -0.2) is 22.4 Å². The van der Waals surface area contributed by atoms with Crippen molar-refractivity contribution in [3.8, 4) is 0 Å². The van der Waals surface area contributed by atoms with Crippen molar-refractivity contribution in [1.82, 2.24) is 15.3 Å². The van der Waals surface area contributed by atoms with Crippen LogP contribution in [0.1, 0.15) is 21.6 Å². The number of hydrogen-bond acceptors (Lipinski definition) is 4. The van der Waals surface area contributed by atoms with Gasteiger partial charge in [-0.1, -0.05) is 23.7 Å². The molecule has 5 nitrogen and oxygen atoms in total. The summed E-state index contributed by atoms with van der Waals surface area (Å²) in [6, 6.07) is 5.47. The van der Waals surface area contributed by atoms with E-state index in [1.165, 1.54) is 6.33 Å². The predicted octanol–water partition coefficient (Wildman–Crippen LogP) is 3.41. The lowest BCUT2D eigenvalue weighted by Gasteiger charge is -2.12. The number of aryl methyl sites for hydroxylation is 2. The molecule has 1 heterocycles. The molecular weight excluding hydrogens is 300 g/mol. The molecule has 2 rings (SSSR count). The Hall–Kier alpha value is -2.40. The lowest BCUT2D eigenvalue weighted by molar-refractivity contribution is 0.0953. The molecule has 0 unspecified atom stereocenters. The van der Waals surface area contributed by atoms with E-state index >= 15 is 0 Å². The zero-order valence-corrected chi connectivity index (χ0v) is 13.2. The predicted molar refractivity (Wildman–Crippen MR) is 88.8 cm³/mol. The van der Waals surface area contributed by atoms with Crippen molar-refractivity contribution in [2.75, 3.05) is 11.9 Å². The number of nitrogens with zero attached hydrogens (tertiary/aromatic N) is 2. The summed E-state index contributed by atoms with van der Waals surface area (Å²) in [4.78, 5) is 20.0. The zero-order valence-electron chi connectivity index (χ0n) is 12.5. The molecule has 0 saturated carbocycles. The minimum absolute atomic E-state index is 0.278. The molecule has 1 aromatic carbocycles. The van der Waals surface area contributed by atoms with E-state index in [1.54, 1.807) is 12.1 Å². The van der Waals surface area contributed by atoms with Crippen LogP contribution in [0.5, 0.6) is 0 Å². The maximum absolute atomic E-state index is 11.9. The van der Waals surface area contributed by atoms with Gasteiger partial charge in [-0.25, -0.2) is 9.97 Å². The van der Waals surface area contributed by atoms with Crippen molar-refractivity contribution in [3.05, 3.63) is 59.0 Å². The second-order valence-electron chi connectivity index (χ2n) is 4.85. The number of anilines is 2. The Morgan fingerprint density at radius 2 is 2.09 bits per heavy atom. The first-order valence-corrected chi connectivity index (χ1v) is 7.14. The van der Waals surface area contributed by atoms with E-state index in [0.717, 1.165) is 16.8 Å². The maximum atomic E-state index is 11.9. The Bertz CT molecular complexity index is 692. The summed E-state index contributed by atoms with van der Waals surface area (Å²) >= 11 is 6.26. The van der Waals surface area contributed by atoms with Gasteiger partial charge in [0, 0.05) is 12.6 Å². The molecule has 0 fully saturated rings. The lowest BCUT2D eigenvalue weighted by atomic mass is 10.1. The molecule has 0 spiro atoms. The summed E-state index contributed by atoms with van der Waals surface area (Å²) < 4.78 is 0. The van der Waals surface area contributed by atoms with E-state index in [9.17, 15) is 4.79 Å². The first-order valence-electron chi connectivity index (χ1n) is 6.76. The summed E-state index contributed by atoms with van der Waals surface area (Å²) in [7, 11) is 0. The molecule has 0 bridgehead atoms. The molecular formula is C16H17ClN4O. The van der Waals surface area contributed by atoms with Crippen LogP contribution in [-0.2, 0) is 0 Å². The third kappa shape index (κ3) is 3.83. The van der Waals surface area contributed by atoms with Crippen LogP contribution in [0, 0.1) is 13.8 Å². The summed E-state index contributed by atoms with van der Waals surface area (Å²) in [5.41, 5.74) is 3.13. The fourth-order valence-corrected chi connectivity index (χ4v) is 2.38. The Labute approximate surface area is 134 Å². The van der Waals surface area contributed by atoms with Gasteiger partial charge in [0.2, 0.25) is 0 Å².